The van der Waals surface area contributed by atoms with E-state index in [0.29, 0.717) is 9.37 Å². The molecule has 0 aromatic heterocycles. The average Bonchev–Trinajstić information content (AvgIpc) is 2.29. The fourth-order valence-electron chi connectivity index (χ4n) is 1.40. The van der Waals surface area contributed by atoms with Crippen molar-refractivity contribution in [1.82, 2.24) is 4.90 Å². The van der Waals surface area contributed by atoms with E-state index in [2.05, 4.69) is 15.9 Å². The Labute approximate surface area is 126 Å². The Morgan fingerprint density at radius 1 is 1.37 bits per heavy atom. The molecule has 1 aromatic carbocycles. The second-order valence-corrected chi connectivity index (χ2v) is 5.36. The van der Waals surface area contributed by atoms with Gasteiger partial charge in [-0.2, -0.15) is 13.2 Å². The molecular formula is C11H9BrCl2F3NO. The van der Waals surface area contributed by atoms with Gasteiger partial charge < -0.3 is 4.90 Å². The molecule has 1 amide bonds. The molecule has 106 valence electrons. The van der Waals surface area contributed by atoms with E-state index in [4.69, 9.17) is 23.2 Å². The van der Waals surface area contributed by atoms with E-state index in [1.165, 1.54) is 12.1 Å². The van der Waals surface area contributed by atoms with E-state index in [0.717, 1.165) is 0 Å². The van der Waals surface area contributed by atoms with Crippen LogP contribution in [0.25, 0.3) is 0 Å². The Kier molecular flexibility index (Phi) is 5.95. The lowest BCUT2D eigenvalue weighted by atomic mass is 10.2. The van der Waals surface area contributed by atoms with Crippen molar-refractivity contribution >= 4 is 45.0 Å². The summed E-state index contributed by atoms with van der Waals surface area (Å²) < 4.78 is 37.8. The molecule has 0 N–H and O–H groups in total. The first-order valence-electron chi connectivity index (χ1n) is 5.11. The van der Waals surface area contributed by atoms with Crippen LogP contribution in [0.5, 0.6) is 0 Å². The lowest BCUT2D eigenvalue weighted by Gasteiger charge is -2.23. The molecule has 0 saturated heterocycles. The van der Waals surface area contributed by atoms with Crippen molar-refractivity contribution in [3.05, 3.63) is 33.3 Å². The zero-order valence-corrected chi connectivity index (χ0v) is 12.6. The van der Waals surface area contributed by atoms with Gasteiger partial charge in [-0.25, -0.2) is 0 Å². The predicted octanol–water partition coefficient (Wildman–Crippen LogP) is 4.35. The van der Waals surface area contributed by atoms with Gasteiger partial charge in [0.25, 0.3) is 5.91 Å². The summed E-state index contributed by atoms with van der Waals surface area (Å²) in [5.74, 6) is -0.891. The van der Waals surface area contributed by atoms with Crippen molar-refractivity contribution in [2.45, 2.75) is 6.18 Å². The molecular weight excluding hydrogens is 370 g/mol. The molecule has 0 saturated carbocycles. The molecule has 0 bridgehead atoms. The number of hydrogen-bond donors (Lipinski definition) is 0. The molecule has 2 nitrogen and oxygen atoms in total. The van der Waals surface area contributed by atoms with Gasteiger partial charge in [0, 0.05) is 16.9 Å². The standard InChI is InChI=1S/C11H9BrCl2F3NO/c12-7-1-2-9(14)8(5-7)10(19)18(4-3-13)6-11(15,16)17/h1-2,5H,3-4,6H2. The summed E-state index contributed by atoms with van der Waals surface area (Å²) in [6.07, 6.45) is -4.49. The Morgan fingerprint density at radius 3 is 2.53 bits per heavy atom. The minimum absolute atomic E-state index is 0.00501. The van der Waals surface area contributed by atoms with Crippen molar-refractivity contribution in [2.24, 2.45) is 0 Å². The van der Waals surface area contributed by atoms with Crippen LogP contribution in [0.4, 0.5) is 13.2 Å². The summed E-state index contributed by atoms with van der Waals surface area (Å²) in [7, 11) is 0. The topological polar surface area (TPSA) is 20.3 Å². The zero-order chi connectivity index (χ0) is 14.6. The van der Waals surface area contributed by atoms with E-state index in [-0.39, 0.29) is 23.0 Å². The van der Waals surface area contributed by atoms with Crippen molar-refractivity contribution in [3.8, 4) is 0 Å². The van der Waals surface area contributed by atoms with Crippen molar-refractivity contribution in [3.63, 3.8) is 0 Å². The van der Waals surface area contributed by atoms with Gasteiger partial charge in [-0.05, 0) is 18.2 Å². The molecule has 0 unspecified atom stereocenters. The molecule has 0 fully saturated rings. The largest absolute Gasteiger partial charge is 0.406 e. The fraction of sp³-hybridized carbons (Fsp3) is 0.364. The van der Waals surface area contributed by atoms with E-state index in [9.17, 15) is 18.0 Å². The molecule has 19 heavy (non-hydrogen) atoms. The smallest absolute Gasteiger partial charge is 0.328 e. The summed E-state index contributed by atoms with van der Waals surface area (Å²) in [6, 6.07) is 4.41. The predicted molar refractivity (Wildman–Crippen MR) is 71.8 cm³/mol. The number of hydrogen-bond acceptors (Lipinski definition) is 1. The van der Waals surface area contributed by atoms with E-state index in [1.54, 1.807) is 6.07 Å². The molecule has 1 aromatic rings. The number of benzene rings is 1. The summed E-state index contributed by atoms with van der Waals surface area (Å²) in [5, 5.41) is 0.0925. The third kappa shape index (κ3) is 5.20. The maximum Gasteiger partial charge on any atom is 0.406 e. The van der Waals surface area contributed by atoms with Gasteiger partial charge in [0.05, 0.1) is 10.6 Å². The highest BCUT2D eigenvalue weighted by molar-refractivity contribution is 9.10. The van der Waals surface area contributed by atoms with Crippen LogP contribution in [-0.4, -0.2) is 36.0 Å². The first-order chi connectivity index (χ1) is 8.74. The van der Waals surface area contributed by atoms with Gasteiger partial charge in [-0.1, -0.05) is 27.5 Å². The Bertz CT molecular complexity index is 468. The van der Waals surface area contributed by atoms with Gasteiger partial charge in [0.1, 0.15) is 6.54 Å². The van der Waals surface area contributed by atoms with E-state index in [1.807, 2.05) is 0 Å². The summed E-state index contributed by atoms with van der Waals surface area (Å²) in [5.41, 5.74) is 0.00501. The number of halogens is 6. The van der Waals surface area contributed by atoms with E-state index >= 15 is 0 Å². The lowest BCUT2D eigenvalue weighted by Crippen LogP contribution is -2.40. The van der Waals surface area contributed by atoms with Gasteiger partial charge in [-0.3, -0.25) is 4.79 Å². The minimum Gasteiger partial charge on any atom is -0.328 e. The molecule has 0 spiro atoms. The summed E-state index contributed by atoms with van der Waals surface area (Å²) >= 11 is 14.4. The molecule has 0 radical (unpaired) electrons. The summed E-state index contributed by atoms with van der Waals surface area (Å²) in [4.78, 5) is 12.7. The molecule has 0 aliphatic heterocycles. The zero-order valence-electron chi connectivity index (χ0n) is 9.48. The first kappa shape index (κ1) is 16.6. The highest BCUT2D eigenvalue weighted by Gasteiger charge is 2.33. The lowest BCUT2D eigenvalue weighted by molar-refractivity contribution is -0.140. The molecule has 0 aliphatic carbocycles. The number of carbonyl (C=O) groups excluding carboxylic acids is 1. The Morgan fingerprint density at radius 2 is 2.00 bits per heavy atom. The second-order valence-electron chi connectivity index (χ2n) is 3.66. The first-order valence-corrected chi connectivity index (χ1v) is 6.82. The number of amides is 1. The number of alkyl halides is 4. The highest BCUT2D eigenvalue weighted by Crippen LogP contribution is 2.24. The Balaban J connectivity index is 3.02. The van der Waals surface area contributed by atoms with Crippen molar-refractivity contribution in [1.29, 1.82) is 0 Å². The quantitative estimate of drug-likeness (QED) is 0.713. The third-order valence-corrected chi connectivity index (χ3v) is 3.16. The van der Waals surface area contributed by atoms with Gasteiger partial charge >= 0.3 is 6.18 Å². The van der Waals surface area contributed by atoms with Crippen LogP contribution < -0.4 is 0 Å². The average molecular weight is 379 g/mol. The van der Waals surface area contributed by atoms with E-state index < -0.39 is 18.6 Å². The summed E-state index contributed by atoms with van der Waals surface area (Å²) in [6.45, 7) is -1.57. The second kappa shape index (κ2) is 6.81. The van der Waals surface area contributed by atoms with Crippen LogP contribution in [0.3, 0.4) is 0 Å². The van der Waals surface area contributed by atoms with Crippen LogP contribution in [0.15, 0.2) is 22.7 Å². The van der Waals surface area contributed by atoms with Crippen LogP contribution in [0.1, 0.15) is 10.4 Å². The van der Waals surface area contributed by atoms with Crippen LogP contribution >= 0.6 is 39.1 Å². The van der Waals surface area contributed by atoms with Crippen LogP contribution in [0, 0.1) is 0 Å². The monoisotopic (exact) mass is 377 g/mol. The van der Waals surface area contributed by atoms with Gasteiger partial charge in [-0.15, -0.1) is 11.6 Å². The van der Waals surface area contributed by atoms with Crippen LogP contribution in [0.2, 0.25) is 5.02 Å². The maximum absolute atomic E-state index is 12.4. The molecule has 8 heteroatoms. The molecule has 0 atom stereocenters. The minimum atomic E-state index is -4.49. The SMILES string of the molecule is O=C(c1cc(Br)ccc1Cl)N(CCCl)CC(F)(F)F. The highest BCUT2D eigenvalue weighted by atomic mass is 79.9. The normalized spacial score (nSPS) is 11.5. The maximum atomic E-state index is 12.4. The molecule has 0 aliphatic rings. The van der Waals surface area contributed by atoms with Crippen molar-refractivity contribution < 1.29 is 18.0 Å². The third-order valence-electron chi connectivity index (χ3n) is 2.17. The fourth-order valence-corrected chi connectivity index (χ4v) is 2.17. The van der Waals surface area contributed by atoms with Crippen molar-refractivity contribution in [2.75, 3.05) is 19.0 Å². The number of rotatable bonds is 4. The molecule has 1 rings (SSSR count). The van der Waals surface area contributed by atoms with Gasteiger partial charge in [0.2, 0.25) is 0 Å². The number of carbonyl (C=O) groups is 1. The Hall–Kier alpha value is -0.460. The van der Waals surface area contributed by atoms with Gasteiger partial charge in [0.15, 0.2) is 0 Å². The molecule has 0 heterocycles. The number of nitrogens with zero attached hydrogens (tertiary/aromatic N) is 1. The van der Waals surface area contributed by atoms with Crippen LogP contribution in [-0.2, 0) is 0 Å².